The molecule has 0 fully saturated rings. The molecule has 0 atom stereocenters. The van der Waals surface area contributed by atoms with Crippen molar-refractivity contribution >= 4 is 11.6 Å². The summed E-state index contributed by atoms with van der Waals surface area (Å²) in [5.41, 5.74) is 4.91. The van der Waals surface area contributed by atoms with Gasteiger partial charge in [0.1, 0.15) is 0 Å². The average molecular weight is 291 g/mol. The van der Waals surface area contributed by atoms with Crippen LogP contribution in [-0.2, 0) is 0 Å². The predicted molar refractivity (Wildman–Crippen MR) is 87.9 cm³/mol. The largest absolute Gasteiger partial charge is 0.319 e. The van der Waals surface area contributed by atoms with E-state index in [0.717, 1.165) is 28.2 Å². The van der Waals surface area contributed by atoms with Gasteiger partial charge in [0.15, 0.2) is 0 Å². The zero-order valence-electron chi connectivity index (χ0n) is 12.6. The molecule has 1 heterocycles. The number of hydrogen-bond acceptors (Lipinski definition) is 2. The quantitative estimate of drug-likeness (QED) is 0.767. The Bertz CT molecular complexity index is 806. The highest BCUT2D eigenvalue weighted by molar-refractivity contribution is 6.07. The molecule has 4 nitrogen and oxygen atoms in total. The Morgan fingerprint density at radius 3 is 2.41 bits per heavy atom. The molecule has 0 aliphatic heterocycles. The van der Waals surface area contributed by atoms with E-state index < -0.39 is 0 Å². The third-order valence-corrected chi connectivity index (χ3v) is 3.64. The summed E-state index contributed by atoms with van der Waals surface area (Å²) in [6, 6.07) is 17.4. The van der Waals surface area contributed by atoms with Crippen molar-refractivity contribution in [2.45, 2.75) is 13.8 Å². The van der Waals surface area contributed by atoms with Crippen molar-refractivity contribution < 1.29 is 4.79 Å². The number of aryl methyl sites for hydroxylation is 2. The van der Waals surface area contributed by atoms with Gasteiger partial charge < -0.3 is 5.32 Å². The fraction of sp³-hybridized carbons (Fsp3) is 0.111. The molecule has 0 unspecified atom stereocenters. The minimum Gasteiger partial charge on any atom is -0.319 e. The lowest BCUT2D eigenvalue weighted by molar-refractivity contribution is 0.102. The molecule has 110 valence electrons. The first-order valence-electron chi connectivity index (χ1n) is 7.14. The first kappa shape index (κ1) is 14.1. The summed E-state index contributed by atoms with van der Waals surface area (Å²) >= 11 is 0. The van der Waals surface area contributed by atoms with Crippen LogP contribution in [0.5, 0.6) is 0 Å². The summed E-state index contributed by atoms with van der Waals surface area (Å²) < 4.78 is 0. The zero-order valence-corrected chi connectivity index (χ0v) is 12.6. The maximum absolute atomic E-state index is 12.5. The number of carbonyl (C=O) groups is 1. The summed E-state index contributed by atoms with van der Waals surface area (Å²) in [4.78, 5) is 12.5. The van der Waals surface area contributed by atoms with Crippen molar-refractivity contribution in [3.05, 3.63) is 71.4 Å². The maximum Gasteiger partial charge on any atom is 0.256 e. The number of nitrogens with zero attached hydrogens (tertiary/aromatic N) is 1. The molecule has 1 amide bonds. The summed E-state index contributed by atoms with van der Waals surface area (Å²) in [5, 5.41) is 10.2. The van der Waals surface area contributed by atoms with E-state index in [0.29, 0.717) is 5.56 Å². The maximum atomic E-state index is 12.5. The van der Waals surface area contributed by atoms with Gasteiger partial charge in [0, 0.05) is 11.1 Å². The van der Waals surface area contributed by atoms with Gasteiger partial charge in [-0.3, -0.25) is 9.89 Å². The van der Waals surface area contributed by atoms with Gasteiger partial charge in [-0.05, 0) is 25.5 Å². The molecular weight excluding hydrogens is 274 g/mol. The molecular formula is C18H17N3O. The van der Waals surface area contributed by atoms with Crippen LogP contribution in [0.3, 0.4) is 0 Å². The summed E-state index contributed by atoms with van der Waals surface area (Å²) in [5.74, 6) is -0.125. The number of aromatic nitrogens is 2. The van der Waals surface area contributed by atoms with Gasteiger partial charge in [-0.25, -0.2) is 0 Å². The second-order valence-electron chi connectivity index (χ2n) is 5.19. The van der Waals surface area contributed by atoms with Crippen LogP contribution in [0.4, 0.5) is 5.69 Å². The minimum absolute atomic E-state index is 0.125. The van der Waals surface area contributed by atoms with Crippen molar-refractivity contribution in [2.24, 2.45) is 0 Å². The molecule has 0 spiro atoms. The summed E-state index contributed by atoms with van der Waals surface area (Å²) in [6.07, 6.45) is 0. The number of carbonyl (C=O) groups excluding carboxylic acids is 1. The van der Waals surface area contributed by atoms with E-state index >= 15 is 0 Å². The van der Waals surface area contributed by atoms with E-state index in [1.165, 1.54) is 0 Å². The number of anilines is 1. The van der Waals surface area contributed by atoms with Crippen LogP contribution in [0.25, 0.3) is 11.3 Å². The molecule has 0 aliphatic carbocycles. The lowest BCUT2D eigenvalue weighted by atomic mass is 10.1. The first-order chi connectivity index (χ1) is 10.7. The molecule has 3 aromatic rings. The fourth-order valence-corrected chi connectivity index (χ4v) is 2.41. The van der Waals surface area contributed by atoms with E-state index in [4.69, 9.17) is 0 Å². The molecule has 0 saturated carbocycles. The lowest BCUT2D eigenvalue weighted by Crippen LogP contribution is -2.14. The second-order valence-corrected chi connectivity index (χ2v) is 5.19. The topological polar surface area (TPSA) is 57.8 Å². The van der Waals surface area contributed by atoms with Crippen LogP contribution in [0, 0.1) is 13.8 Å². The van der Waals surface area contributed by atoms with Crippen molar-refractivity contribution in [3.8, 4) is 11.3 Å². The molecule has 2 N–H and O–H groups in total. The molecule has 0 bridgehead atoms. The SMILES string of the molecule is Cc1ccccc1C(=O)Nc1c(C)n[nH]c1-c1ccccc1. The normalized spacial score (nSPS) is 10.5. The minimum atomic E-state index is -0.125. The smallest absolute Gasteiger partial charge is 0.256 e. The summed E-state index contributed by atoms with van der Waals surface area (Å²) in [6.45, 7) is 3.80. The van der Waals surface area contributed by atoms with Crippen LogP contribution in [0.15, 0.2) is 54.6 Å². The standard InChI is InChI=1S/C18H17N3O/c1-12-8-6-7-11-15(12)18(22)19-16-13(2)20-21-17(16)14-9-4-3-5-10-14/h3-11H,1-2H3,(H,19,22)(H,20,21). The van der Waals surface area contributed by atoms with Crippen LogP contribution >= 0.6 is 0 Å². The Morgan fingerprint density at radius 2 is 1.68 bits per heavy atom. The molecule has 4 heteroatoms. The number of nitrogens with one attached hydrogen (secondary N) is 2. The Balaban J connectivity index is 1.95. The Morgan fingerprint density at radius 1 is 1.00 bits per heavy atom. The van der Waals surface area contributed by atoms with Crippen LogP contribution in [-0.4, -0.2) is 16.1 Å². The van der Waals surface area contributed by atoms with Crippen LogP contribution < -0.4 is 5.32 Å². The lowest BCUT2D eigenvalue weighted by Gasteiger charge is -2.09. The van der Waals surface area contributed by atoms with Gasteiger partial charge in [0.2, 0.25) is 0 Å². The first-order valence-corrected chi connectivity index (χ1v) is 7.14. The van der Waals surface area contributed by atoms with Gasteiger partial charge >= 0.3 is 0 Å². The molecule has 2 aromatic carbocycles. The summed E-state index contributed by atoms with van der Waals surface area (Å²) in [7, 11) is 0. The van der Waals surface area contributed by atoms with Gasteiger partial charge in [0.25, 0.3) is 5.91 Å². The number of hydrogen-bond donors (Lipinski definition) is 2. The second kappa shape index (κ2) is 5.85. The van der Waals surface area contributed by atoms with E-state index in [1.807, 2.05) is 68.4 Å². The molecule has 1 aromatic heterocycles. The van der Waals surface area contributed by atoms with Crippen molar-refractivity contribution in [3.63, 3.8) is 0 Å². The van der Waals surface area contributed by atoms with Gasteiger partial charge in [-0.2, -0.15) is 5.10 Å². The van der Waals surface area contributed by atoms with E-state index in [-0.39, 0.29) is 5.91 Å². The number of H-pyrrole nitrogens is 1. The van der Waals surface area contributed by atoms with E-state index in [9.17, 15) is 4.79 Å². The highest BCUT2D eigenvalue weighted by Crippen LogP contribution is 2.28. The molecule has 22 heavy (non-hydrogen) atoms. The monoisotopic (exact) mass is 291 g/mol. The molecule has 0 radical (unpaired) electrons. The Labute approximate surface area is 129 Å². The van der Waals surface area contributed by atoms with Gasteiger partial charge in [0.05, 0.1) is 17.1 Å². The molecule has 3 rings (SSSR count). The Hall–Kier alpha value is -2.88. The predicted octanol–water partition coefficient (Wildman–Crippen LogP) is 3.95. The number of amides is 1. The van der Waals surface area contributed by atoms with E-state index in [1.54, 1.807) is 0 Å². The highest BCUT2D eigenvalue weighted by atomic mass is 16.1. The zero-order chi connectivity index (χ0) is 15.5. The number of aromatic amines is 1. The van der Waals surface area contributed by atoms with Gasteiger partial charge in [-0.1, -0.05) is 48.5 Å². The third-order valence-electron chi connectivity index (χ3n) is 3.64. The Kier molecular flexibility index (Phi) is 3.74. The molecule has 0 aliphatic rings. The van der Waals surface area contributed by atoms with Crippen molar-refractivity contribution in [1.29, 1.82) is 0 Å². The number of benzene rings is 2. The van der Waals surface area contributed by atoms with Crippen LogP contribution in [0.2, 0.25) is 0 Å². The fourth-order valence-electron chi connectivity index (χ4n) is 2.41. The van der Waals surface area contributed by atoms with Crippen molar-refractivity contribution in [1.82, 2.24) is 10.2 Å². The van der Waals surface area contributed by atoms with Crippen molar-refractivity contribution in [2.75, 3.05) is 5.32 Å². The van der Waals surface area contributed by atoms with Crippen LogP contribution in [0.1, 0.15) is 21.6 Å². The number of rotatable bonds is 3. The average Bonchev–Trinajstić information content (AvgIpc) is 2.89. The molecule has 0 saturated heterocycles. The third kappa shape index (κ3) is 2.63. The van der Waals surface area contributed by atoms with Gasteiger partial charge in [-0.15, -0.1) is 0 Å². The highest BCUT2D eigenvalue weighted by Gasteiger charge is 2.16. The van der Waals surface area contributed by atoms with E-state index in [2.05, 4.69) is 15.5 Å².